The van der Waals surface area contributed by atoms with Crippen LogP contribution in [-0.2, 0) is 12.8 Å². The van der Waals surface area contributed by atoms with E-state index in [1.807, 2.05) is 12.1 Å². The van der Waals surface area contributed by atoms with Crippen LogP contribution in [0.2, 0.25) is 0 Å². The van der Waals surface area contributed by atoms with Gasteiger partial charge in [0.05, 0.1) is 5.56 Å². The maximum atomic E-state index is 13.9. The van der Waals surface area contributed by atoms with Crippen LogP contribution in [0.15, 0.2) is 34.7 Å². The summed E-state index contributed by atoms with van der Waals surface area (Å²) >= 11 is 0. The van der Waals surface area contributed by atoms with E-state index in [9.17, 15) is 4.39 Å². The number of benzene rings is 1. The van der Waals surface area contributed by atoms with E-state index >= 15 is 0 Å². The molecule has 1 aromatic heterocycles. The molecule has 112 valence electrons. The highest BCUT2D eigenvalue weighted by molar-refractivity contribution is 5.59. The highest BCUT2D eigenvalue weighted by atomic mass is 19.1. The van der Waals surface area contributed by atoms with E-state index in [4.69, 9.17) is 4.42 Å². The van der Waals surface area contributed by atoms with E-state index in [0.717, 1.165) is 25.0 Å². The largest absolute Gasteiger partial charge is 0.461 e. The molecule has 2 aromatic rings. The van der Waals surface area contributed by atoms with Crippen molar-refractivity contribution in [3.8, 4) is 11.3 Å². The molecule has 1 aliphatic rings. The van der Waals surface area contributed by atoms with Crippen molar-refractivity contribution in [2.45, 2.75) is 46.5 Å². The van der Waals surface area contributed by atoms with Gasteiger partial charge in [-0.3, -0.25) is 0 Å². The number of aryl methyl sites for hydroxylation is 1. The van der Waals surface area contributed by atoms with Gasteiger partial charge in [0.15, 0.2) is 0 Å². The van der Waals surface area contributed by atoms with Crippen LogP contribution >= 0.6 is 0 Å². The van der Waals surface area contributed by atoms with Crippen molar-refractivity contribution >= 4 is 0 Å². The average Bonchev–Trinajstić information content (AvgIpc) is 2.90. The van der Waals surface area contributed by atoms with E-state index < -0.39 is 0 Å². The van der Waals surface area contributed by atoms with Gasteiger partial charge in [-0.15, -0.1) is 0 Å². The summed E-state index contributed by atoms with van der Waals surface area (Å²) < 4.78 is 19.8. The molecule has 0 amide bonds. The van der Waals surface area contributed by atoms with Crippen molar-refractivity contribution in [3.05, 3.63) is 47.5 Å². The summed E-state index contributed by atoms with van der Waals surface area (Å²) in [4.78, 5) is 0. The molecule has 0 radical (unpaired) electrons. The van der Waals surface area contributed by atoms with Crippen LogP contribution in [0.25, 0.3) is 11.3 Å². The Hall–Kier alpha value is -1.57. The Labute approximate surface area is 126 Å². The maximum Gasteiger partial charge on any atom is 0.137 e. The topological polar surface area (TPSA) is 13.1 Å². The molecule has 0 aliphatic heterocycles. The van der Waals surface area contributed by atoms with Gasteiger partial charge in [-0.25, -0.2) is 4.39 Å². The summed E-state index contributed by atoms with van der Waals surface area (Å²) in [6.07, 6.45) is 4.37. The molecule has 0 fully saturated rings. The molecule has 2 heteroatoms. The molecule has 1 heterocycles. The Morgan fingerprint density at radius 2 is 2.05 bits per heavy atom. The number of halogens is 1. The van der Waals surface area contributed by atoms with Gasteiger partial charge >= 0.3 is 0 Å². The van der Waals surface area contributed by atoms with Gasteiger partial charge in [-0.1, -0.05) is 39.3 Å². The lowest BCUT2D eigenvalue weighted by Gasteiger charge is -2.35. The first kappa shape index (κ1) is 14.4. The molecular formula is C19H23FO. The van der Waals surface area contributed by atoms with E-state index in [1.54, 1.807) is 12.1 Å². The first-order chi connectivity index (χ1) is 10.0. The zero-order chi connectivity index (χ0) is 15.0. The Morgan fingerprint density at radius 3 is 2.76 bits per heavy atom. The fourth-order valence-corrected chi connectivity index (χ4v) is 3.27. The second-order valence-electron chi connectivity index (χ2n) is 6.82. The van der Waals surface area contributed by atoms with Crippen molar-refractivity contribution in [3.63, 3.8) is 0 Å². The van der Waals surface area contributed by atoms with E-state index in [2.05, 4.69) is 20.8 Å². The second-order valence-corrected chi connectivity index (χ2v) is 6.82. The number of furan rings is 1. The maximum absolute atomic E-state index is 13.9. The molecule has 0 saturated carbocycles. The summed E-state index contributed by atoms with van der Waals surface area (Å²) in [6.45, 7) is 6.96. The lowest BCUT2D eigenvalue weighted by atomic mass is 9.69. The molecular weight excluding hydrogens is 263 g/mol. The smallest absolute Gasteiger partial charge is 0.137 e. The first-order valence-electron chi connectivity index (χ1n) is 7.87. The van der Waals surface area contributed by atoms with E-state index in [1.165, 1.54) is 18.1 Å². The Bertz CT molecular complexity index is 639. The minimum Gasteiger partial charge on any atom is -0.461 e. The Balaban J connectivity index is 1.90. The normalized spacial score (nSPS) is 18.6. The van der Waals surface area contributed by atoms with Crippen LogP contribution < -0.4 is 0 Å². The molecule has 1 nitrogen and oxygen atoms in total. The van der Waals surface area contributed by atoms with Crippen LogP contribution in [0, 0.1) is 17.2 Å². The van der Waals surface area contributed by atoms with E-state index in [-0.39, 0.29) is 5.82 Å². The lowest BCUT2D eigenvalue weighted by Crippen LogP contribution is -2.28. The molecule has 0 N–H and O–H groups in total. The minimum atomic E-state index is -0.214. The predicted octanol–water partition coefficient (Wildman–Crippen LogP) is 5.63. The summed E-state index contributed by atoms with van der Waals surface area (Å²) in [7, 11) is 0. The minimum absolute atomic E-state index is 0.214. The van der Waals surface area contributed by atoms with Gasteiger partial charge in [0.1, 0.15) is 17.3 Å². The van der Waals surface area contributed by atoms with Gasteiger partial charge in [0, 0.05) is 6.42 Å². The van der Waals surface area contributed by atoms with Gasteiger partial charge in [-0.05, 0) is 47.9 Å². The predicted molar refractivity (Wildman–Crippen MR) is 83.7 cm³/mol. The Kier molecular flexibility index (Phi) is 3.64. The highest BCUT2D eigenvalue weighted by Crippen LogP contribution is 2.41. The molecule has 1 aliphatic carbocycles. The van der Waals surface area contributed by atoms with Crippen molar-refractivity contribution in [2.24, 2.45) is 11.3 Å². The van der Waals surface area contributed by atoms with Crippen LogP contribution in [0.4, 0.5) is 4.39 Å². The molecule has 0 bridgehead atoms. The standard InChI is InChI=1S/C19H23FO/c1-4-19(2,3)14-9-10-17-13(11-14)12-18(21-17)15-7-5-6-8-16(15)20/h5-8,12,14H,4,9-11H2,1-3H3. The zero-order valence-corrected chi connectivity index (χ0v) is 13.1. The van der Waals surface area contributed by atoms with Crippen molar-refractivity contribution in [2.75, 3.05) is 0 Å². The molecule has 21 heavy (non-hydrogen) atoms. The molecule has 1 aromatic carbocycles. The number of rotatable bonds is 3. The first-order valence-corrected chi connectivity index (χ1v) is 7.87. The molecule has 0 spiro atoms. The third-order valence-corrected chi connectivity index (χ3v) is 5.24. The fourth-order valence-electron chi connectivity index (χ4n) is 3.27. The van der Waals surface area contributed by atoms with Gasteiger partial charge in [0.2, 0.25) is 0 Å². The second kappa shape index (κ2) is 5.32. The van der Waals surface area contributed by atoms with Crippen molar-refractivity contribution in [1.82, 2.24) is 0 Å². The molecule has 1 unspecified atom stereocenters. The van der Waals surface area contributed by atoms with E-state index in [0.29, 0.717) is 22.7 Å². The Morgan fingerprint density at radius 1 is 1.29 bits per heavy atom. The number of hydrogen-bond acceptors (Lipinski definition) is 1. The monoisotopic (exact) mass is 286 g/mol. The highest BCUT2D eigenvalue weighted by Gasteiger charge is 2.32. The summed E-state index contributed by atoms with van der Waals surface area (Å²) in [5.74, 6) is 2.19. The van der Waals surface area contributed by atoms with Gasteiger partial charge in [-0.2, -0.15) is 0 Å². The zero-order valence-electron chi connectivity index (χ0n) is 13.1. The van der Waals surface area contributed by atoms with Gasteiger partial charge in [0.25, 0.3) is 0 Å². The molecule has 0 saturated heterocycles. The molecule has 3 rings (SSSR count). The lowest BCUT2D eigenvalue weighted by molar-refractivity contribution is 0.178. The third-order valence-electron chi connectivity index (χ3n) is 5.24. The van der Waals surface area contributed by atoms with Crippen LogP contribution in [0.5, 0.6) is 0 Å². The average molecular weight is 286 g/mol. The van der Waals surface area contributed by atoms with Crippen LogP contribution in [0.3, 0.4) is 0 Å². The van der Waals surface area contributed by atoms with Crippen molar-refractivity contribution in [1.29, 1.82) is 0 Å². The summed E-state index contributed by atoms with van der Waals surface area (Å²) in [6, 6.07) is 8.88. The quantitative estimate of drug-likeness (QED) is 0.713. The van der Waals surface area contributed by atoms with Crippen LogP contribution in [-0.4, -0.2) is 0 Å². The fraction of sp³-hybridized carbons (Fsp3) is 0.474. The summed E-state index contributed by atoms with van der Waals surface area (Å²) in [5, 5.41) is 0. The SMILES string of the molecule is CCC(C)(C)C1CCc2oc(-c3ccccc3F)cc2C1. The number of fused-ring (bicyclic) bond motifs is 1. The summed E-state index contributed by atoms with van der Waals surface area (Å²) in [5.41, 5.74) is 2.19. The van der Waals surface area contributed by atoms with Crippen LogP contribution in [0.1, 0.15) is 44.9 Å². The number of hydrogen-bond donors (Lipinski definition) is 0. The third kappa shape index (κ3) is 2.64. The van der Waals surface area contributed by atoms with Crippen molar-refractivity contribution < 1.29 is 8.81 Å². The molecule has 1 atom stereocenters. The van der Waals surface area contributed by atoms with Gasteiger partial charge < -0.3 is 4.42 Å².